The molecule has 1 aliphatic heterocycles. The van der Waals surface area contributed by atoms with Crippen molar-refractivity contribution in [2.45, 2.75) is 26.7 Å². The minimum Gasteiger partial charge on any atom is -0.481 e. The fourth-order valence-electron chi connectivity index (χ4n) is 1.67. The molecule has 7 heteroatoms. The van der Waals surface area contributed by atoms with Crippen molar-refractivity contribution in [3.63, 3.8) is 0 Å². The maximum atomic E-state index is 12.0. The quantitative estimate of drug-likeness (QED) is 0.673. The third kappa shape index (κ3) is 2.27. The number of nitrogens with zero attached hydrogens (tertiary/aromatic N) is 1. The van der Waals surface area contributed by atoms with Crippen molar-refractivity contribution >= 4 is 23.8 Å². The van der Waals surface area contributed by atoms with Gasteiger partial charge in [0, 0.05) is 6.54 Å². The summed E-state index contributed by atoms with van der Waals surface area (Å²) in [6.07, 6.45) is -0.0956. The van der Waals surface area contributed by atoms with Gasteiger partial charge in [-0.3, -0.25) is 24.6 Å². The molecule has 1 saturated heterocycles. The lowest BCUT2D eigenvalue weighted by molar-refractivity contribution is -0.157. The van der Waals surface area contributed by atoms with Gasteiger partial charge in [-0.2, -0.15) is 0 Å². The monoisotopic (exact) mass is 242 g/mol. The minimum absolute atomic E-state index is 0.160. The van der Waals surface area contributed by atoms with Crippen LogP contribution in [0.25, 0.3) is 0 Å². The van der Waals surface area contributed by atoms with Gasteiger partial charge in [-0.05, 0) is 13.3 Å². The Morgan fingerprint density at radius 3 is 2.47 bits per heavy atom. The van der Waals surface area contributed by atoms with Gasteiger partial charge in [0.05, 0.1) is 6.42 Å². The van der Waals surface area contributed by atoms with Crippen LogP contribution >= 0.6 is 0 Å². The molecule has 0 spiro atoms. The Kier molecular flexibility index (Phi) is 3.50. The highest BCUT2D eigenvalue weighted by Gasteiger charge is 2.51. The summed E-state index contributed by atoms with van der Waals surface area (Å²) in [5.41, 5.74) is -1.71. The molecule has 1 atom stereocenters. The van der Waals surface area contributed by atoms with Crippen molar-refractivity contribution in [3.05, 3.63) is 0 Å². The lowest BCUT2D eigenvalue weighted by Crippen LogP contribution is -2.63. The van der Waals surface area contributed by atoms with Gasteiger partial charge in [-0.15, -0.1) is 0 Å². The molecule has 0 aromatic carbocycles. The van der Waals surface area contributed by atoms with Crippen LogP contribution in [0.2, 0.25) is 0 Å². The van der Waals surface area contributed by atoms with Crippen molar-refractivity contribution in [3.8, 4) is 0 Å². The van der Waals surface area contributed by atoms with E-state index in [1.165, 1.54) is 6.92 Å². The Labute approximate surface area is 97.8 Å². The molecule has 4 amide bonds. The summed E-state index contributed by atoms with van der Waals surface area (Å²) in [7, 11) is 0. The first-order valence-electron chi connectivity index (χ1n) is 5.22. The zero-order chi connectivity index (χ0) is 13.2. The second kappa shape index (κ2) is 4.52. The molecule has 0 aromatic rings. The molecule has 0 bridgehead atoms. The fourth-order valence-corrected chi connectivity index (χ4v) is 1.67. The average Bonchev–Trinajstić information content (AvgIpc) is 2.21. The van der Waals surface area contributed by atoms with Gasteiger partial charge in [-0.1, -0.05) is 6.92 Å². The first-order valence-corrected chi connectivity index (χ1v) is 5.22. The van der Waals surface area contributed by atoms with Crippen LogP contribution in [0.1, 0.15) is 26.7 Å². The number of aliphatic carboxylic acids is 1. The van der Waals surface area contributed by atoms with E-state index in [4.69, 9.17) is 5.11 Å². The number of nitrogens with one attached hydrogen (secondary N) is 1. The predicted molar refractivity (Wildman–Crippen MR) is 55.9 cm³/mol. The zero-order valence-corrected chi connectivity index (χ0v) is 9.65. The molecule has 1 aliphatic rings. The second-order valence-corrected chi connectivity index (χ2v) is 4.12. The van der Waals surface area contributed by atoms with Gasteiger partial charge in [0.25, 0.3) is 0 Å². The van der Waals surface area contributed by atoms with E-state index in [2.05, 4.69) is 0 Å². The molecule has 1 rings (SSSR count). The van der Waals surface area contributed by atoms with Crippen molar-refractivity contribution < 1.29 is 24.3 Å². The van der Waals surface area contributed by atoms with Crippen molar-refractivity contribution in [1.82, 2.24) is 10.2 Å². The van der Waals surface area contributed by atoms with Gasteiger partial charge in [0.15, 0.2) is 0 Å². The van der Waals surface area contributed by atoms with Crippen molar-refractivity contribution in [1.29, 1.82) is 0 Å². The topological polar surface area (TPSA) is 104 Å². The number of carbonyl (C=O) groups is 4. The van der Waals surface area contributed by atoms with Crippen LogP contribution < -0.4 is 5.32 Å². The zero-order valence-electron chi connectivity index (χ0n) is 9.65. The smallest absolute Gasteiger partial charge is 0.330 e. The summed E-state index contributed by atoms with van der Waals surface area (Å²) >= 11 is 0. The molecule has 94 valence electrons. The predicted octanol–water partition coefficient (Wildman–Crippen LogP) is -0.0442. The molecule has 0 aliphatic carbocycles. The number of hydrogen-bond acceptors (Lipinski definition) is 4. The van der Waals surface area contributed by atoms with E-state index in [0.717, 1.165) is 4.90 Å². The number of rotatable bonds is 4. The second-order valence-electron chi connectivity index (χ2n) is 4.12. The van der Waals surface area contributed by atoms with Crippen molar-refractivity contribution in [2.24, 2.45) is 5.41 Å². The molecule has 1 fully saturated rings. The molecule has 0 radical (unpaired) electrons. The normalized spacial score (nSPS) is 24.8. The molecule has 17 heavy (non-hydrogen) atoms. The van der Waals surface area contributed by atoms with E-state index in [1.54, 1.807) is 6.92 Å². The van der Waals surface area contributed by atoms with Crippen LogP contribution in [0.4, 0.5) is 4.79 Å². The van der Waals surface area contributed by atoms with E-state index in [9.17, 15) is 19.2 Å². The Hall–Kier alpha value is -1.92. The Bertz CT molecular complexity index is 392. The maximum absolute atomic E-state index is 12.0. The fraction of sp³-hybridized carbons (Fsp3) is 0.600. The van der Waals surface area contributed by atoms with E-state index in [-0.39, 0.29) is 6.54 Å². The average molecular weight is 242 g/mol. The number of hydrogen-bond donors (Lipinski definition) is 2. The first kappa shape index (κ1) is 13.1. The van der Waals surface area contributed by atoms with E-state index in [0.29, 0.717) is 6.42 Å². The highest BCUT2D eigenvalue weighted by atomic mass is 16.4. The standard InChI is InChI=1S/C10H14N2O5/c1-3-4-12-8(16)10(2,5-6(13)14)7(15)11-9(12)17/h3-5H2,1-2H3,(H,13,14)(H,11,15,17). The molecule has 0 saturated carbocycles. The highest BCUT2D eigenvalue weighted by Crippen LogP contribution is 2.28. The molecular weight excluding hydrogens is 228 g/mol. The Morgan fingerprint density at radius 1 is 1.41 bits per heavy atom. The number of urea groups is 1. The maximum Gasteiger partial charge on any atom is 0.330 e. The summed E-state index contributed by atoms with van der Waals surface area (Å²) in [5, 5.41) is 10.7. The summed E-state index contributed by atoms with van der Waals surface area (Å²) in [6.45, 7) is 3.16. The van der Waals surface area contributed by atoms with E-state index in [1.807, 2.05) is 5.32 Å². The van der Waals surface area contributed by atoms with Crippen LogP contribution in [-0.2, 0) is 14.4 Å². The molecule has 2 N–H and O–H groups in total. The van der Waals surface area contributed by atoms with Crippen LogP contribution in [0.3, 0.4) is 0 Å². The summed E-state index contributed by atoms with van der Waals surface area (Å²) < 4.78 is 0. The van der Waals surface area contributed by atoms with E-state index < -0.39 is 35.7 Å². The Morgan fingerprint density at radius 2 is 2.00 bits per heavy atom. The lowest BCUT2D eigenvalue weighted by atomic mass is 9.82. The largest absolute Gasteiger partial charge is 0.481 e. The lowest BCUT2D eigenvalue weighted by Gasteiger charge is -2.35. The van der Waals surface area contributed by atoms with Gasteiger partial charge in [0.1, 0.15) is 5.41 Å². The molecule has 7 nitrogen and oxygen atoms in total. The SMILES string of the molecule is CCCN1C(=O)NC(=O)C(C)(CC(=O)O)C1=O. The van der Waals surface area contributed by atoms with Crippen LogP contribution in [0.15, 0.2) is 0 Å². The van der Waals surface area contributed by atoms with Gasteiger partial charge in [0.2, 0.25) is 11.8 Å². The van der Waals surface area contributed by atoms with Crippen LogP contribution in [0.5, 0.6) is 0 Å². The summed E-state index contributed by atoms with van der Waals surface area (Å²) in [4.78, 5) is 46.5. The number of imide groups is 2. The molecular formula is C10H14N2O5. The minimum atomic E-state index is -1.71. The number of barbiturate groups is 1. The summed E-state index contributed by atoms with van der Waals surface area (Å²) in [5.74, 6) is -2.88. The van der Waals surface area contributed by atoms with Crippen LogP contribution in [-0.4, -0.2) is 40.4 Å². The van der Waals surface area contributed by atoms with Crippen molar-refractivity contribution in [2.75, 3.05) is 6.54 Å². The van der Waals surface area contributed by atoms with Gasteiger partial charge >= 0.3 is 12.0 Å². The van der Waals surface area contributed by atoms with Gasteiger partial charge < -0.3 is 5.11 Å². The van der Waals surface area contributed by atoms with Gasteiger partial charge in [-0.25, -0.2) is 4.79 Å². The van der Waals surface area contributed by atoms with E-state index >= 15 is 0 Å². The number of amides is 4. The third-order valence-electron chi connectivity index (χ3n) is 2.64. The Balaban J connectivity index is 3.04. The highest BCUT2D eigenvalue weighted by molar-refractivity contribution is 6.19. The third-order valence-corrected chi connectivity index (χ3v) is 2.64. The molecule has 1 unspecified atom stereocenters. The number of carboxylic acids is 1. The summed E-state index contributed by atoms with van der Waals surface area (Å²) in [6, 6.07) is -0.787. The number of carboxylic acid groups (broad SMARTS) is 1. The first-order chi connectivity index (χ1) is 7.82. The molecule has 0 aromatic heterocycles. The van der Waals surface area contributed by atoms with Crippen LogP contribution in [0, 0.1) is 5.41 Å². The number of carbonyl (C=O) groups excluding carboxylic acids is 3. The molecule has 1 heterocycles.